The Hall–Kier alpha value is -1.55. The first kappa shape index (κ1) is 15.5. The second kappa shape index (κ2) is 8.53. The van der Waals surface area contributed by atoms with Gasteiger partial charge in [0.05, 0.1) is 13.0 Å². The lowest BCUT2D eigenvalue weighted by atomic mass is 10.2. The highest BCUT2D eigenvalue weighted by Gasteiger charge is 2.01. The number of nitrogens with one attached hydrogen (secondary N) is 2. The predicted octanol–water partition coefficient (Wildman–Crippen LogP) is 2.09. The van der Waals surface area contributed by atoms with E-state index in [1.165, 1.54) is 5.56 Å². The molecule has 4 nitrogen and oxygen atoms in total. The van der Waals surface area contributed by atoms with Gasteiger partial charge >= 0.3 is 0 Å². The van der Waals surface area contributed by atoms with Crippen LogP contribution in [0.25, 0.3) is 0 Å². The third-order valence-corrected chi connectivity index (χ3v) is 2.61. The van der Waals surface area contributed by atoms with E-state index < -0.39 is 0 Å². The number of rotatable bonds is 8. The van der Waals surface area contributed by atoms with E-state index in [0.29, 0.717) is 25.6 Å². The molecule has 0 heterocycles. The molecule has 1 aromatic rings. The van der Waals surface area contributed by atoms with Crippen LogP contribution in [0.5, 0.6) is 5.75 Å². The summed E-state index contributed by atoms with van der Waals surface area (Å²) >= 11 is 0. The van der Waals surface area contributed by atoms with Crippen LogP contribution in [-0.4, -0.2) is 25.1 Å². The number of amides is 1. The van der Waals surface area contributed by atoms with Crippen molar-refractivity contribution >= 4 is 5.91 Å². The Kier molecular flexibility index (Phi) is 6.97. The van der Waals surface area contributed by atoms with Gasteiger partial charge in [0, 0.05) is 19.1 Å². The topological polar surface area (TPSA) is 50.4 Å². The molecule has 0 radical (unpaired) electrons. The van der Waals surface area contributed by atoms with E-state index >= 15 is 0 Å². The molecule has 2 N–H and O–H groups in total. The second-order valence-corrected chi connectivity index (χ2v) is 4.73. The van der Waals surface area contributed by atoms with Crippen LogP contribution in [0.15, 0.2) is 24.3 Å². The van der Waals surface area contributed by atoms with Crippen molar-refractivity contribution in [2.45, 2.75) is 39.8 Å². The Bertz CT molecular complexity index is 374. The number of carbonyl (C=O) groups is 1. The standard InChI is InChI=1S/C15H24N2O2/c1-4-16-15(18)9-10-19-14-7-5-13(6-8-14)11-17-12(2)3/h5-8,12,17H,4,9-11H2,1-3H3,(H,16,18). The number of benzene rings is 1. The fraction of sp³-hybridized carbons (Fsp3) is 0.533. The van der Waals surface area contributed by atoms with Crippen molar-refractivity contribution in [1.29, 1.82) is 0 Å². The van der Waals surface area contributed by atoms with E-state index in [-0.39, 0.29) is 5.91 Å². The van der Waals surface area contributed by atoms with Gasteiger partial charge in [-0.3, -0.25) is 4.79 Å². The molecular formula is C15H24N2O2. The van der Waals surface area contributed by atoms with Crippen molar-refractivity contribution in [3.63, 3.8) is 0 Å². The Balaban J connectivity index is 2.30. The van der Waals surface area contributed by atoms with Gasteiger partial charge in [-0.2, -0.15) is 0 Å². The number of hydrogen-bond acceptors (Lipinski definition) is 3. The van der Waals surface area contributed by atoms with Gasteiger partial charge in [-0.1, -0.05) is 26.0 Å². The zero-order valence-electron chi connectivity index (χ0n) is 12.0. The van der Waals surface area contributed by atoms with Crippen molar-refractivity contribution < 1.29 is 9.53 Å². The van der Waals surface area contributed by atoms with Crippen LogP contribution >= 0.6 is 0 Å². The first-order chi connectivity index (χ1) is 9.11. The van der Waals surface area contributed by atoms with E-state index in [9.17, 15) is 4.79 Å². The highest BCUT2D eigenvalue weighted by molar-refractivity contribution is 5.75. The smallest absolute Gasteiger partial charge is 0.223 e. The normalized spacial score (nSPS) is 10.5. The fourth-order valence-corrected chi connectivity index (χ4v) is 1.57. The summed E-state index contributed by atoms with van der Waals surface area (Å²) in [6, 6.07) is 8.44. The zero-order chi connectivity index (χ0) is 14.1. The molecule has 0 aliphatic rings. The molecular weight excluding hydrogens is 240 g/mol. The molecule has 106 valence electrons. The molecule has 0 bridgehead atoms. The highest BCUT2D eigenvalue weighted by atomic mass is 16.5. The summed E-state index contributed by atoms with van der Waals surface area (Å²) in [7, 11) is 0. The minimum Gasteiger partial charge on any atom is -0.493 e. The van der Waals surface area contributed by atoms with Crippen LogP contribution in [-0.2, 0) is 11.3 Å². The number of hydrogen-bond donors (Lipinski definition) is 2. The first-order valence-electron chi connectivity index (χ1n) is 6.83. The van der Waals surface area contributed by atoms with E-state index in [4.69, 9.17) is 4.74 Å². The minimum atomic E-state index is 0.0280. The lowest BCUT2D eigenvalue weighted by molar-refractivity contribution is -0.121. The van der Waals surface area contributed by atoms with E-state index in [0.717, 1.165) is 12.3 Å². The van der Waals surface area contributed by atoms with Gasteiger partial charge in [-0.15, -0.1) is 0 Å². The van der Waals surface area contributed by atoms with Gasteiger partial charge in [0.2, 0.25) is 5.91 Å². The quantitative estimate of drug-likeness (QED) is 0.756. The molecule has 0 unspecified atom stereocenters. The van der Waals surface area contributed by atoms with E-state index in [1.54, 1.807) is 0 Å². The molecule has 4 heteroatoms. The van der Waals surface area contributed by atoms with Gasteiger partial charge in [0.25, 0.3) is 0 Å². The van der Waals surface area contributed by atoms with E-state index in [2.05, 4.69) is 24.5 Å². The van der Waals surface area contributed by atoms with Crippen molar-refractivity contribution in [1.82, 2.24) is 10.6 Å². The van der Waals surface area contributed by atoms with Gasteiger partial charge in [-0.05, 0) is 24.6 Å². The number of ether oxygens (including phenoxy) is 1. The maximum atomic E-state index is 11.2. The third-order valence-electron chi connectivity index (χ3n) is 2.61. The maximum Gasteiger partial charge on any atom is 0.223 e. The average Bonchev–Trinajstić information content (AvgIpc) is 2.38. The third kappa shape index (κ3) is 6.82. The lowest BCUT2D eigenvalue weighted by Crippen LogP contribution is -2.24. The molecule has 19 heavy (non-hydrogen) atoms. The molecule has 1 amide bonds. The molecule has 0 aliphatic heterocycles. The Labute approximate surface area is 115 Å². The Morgan fingerprint density at radius 3 is 2.53 bits per heavy atom. The number of carbonyl (C=O) groups excluding carboxylic acids is 1. The minimum absolute atomic E-state index is 0.0280. The van der Waals surface area contributed by atoms with Crippen LogP contribution in [0.1, 0.15) is 32.8 Å². The molecule has 0 atom stereocenters. The molecule has 0 saturated heterocycles. The van der Waals surface area contributed by atoms with Crippen LogP contribution in [0.2, 0.25) is 0 Å². The molecule has 1 rings (SSSR count). The van der Waals surface area contributed by atoms with Crippen molar-refractivity contribution in [3.8, 4) is 5.75 Å². The Morgan fingerprint density at radius 2 is 1.95 bits per heavy atom. The van der Waals surface area contributed by atoms with Crippen molar-refractivity contribution in [3.05, 3.63) is 29.8 Å². The van der Waals surface area contributed by atoms with Crippen LogP contribution < -0.4 is 15.4 Å². The molecule has 0 aliphatic carbocycles. The molecule has 1 aromatic carbocycles. The summed E-state index contributed by atoms with van der Waals surface area (Å²) in [5.41, 5.74) is 1.23. The average molecular weight is 264 g/mol. The summed E-state index contributed by atoms with van der Waals surface area (Å²) < 4.78 is 5.52. The van der Waals surface area contributed by atoms with Gasteiger partial charge in [-0.25, -0.2) is 0 Å². The highest BCUT2D eigenvalue weighted by Crippen LogP contribution is 2.12. The lowest BCUT2D eigenvalue weighted by Gasteiger charge is -2.09. The summed E-state index contributed by atoms with van der Waals surface area (Å²) in [5.74, 6) is 0.831. The summed E-state index contributed by atoms with van der Waals surface area (Å²) in [4.78, 5) is 11.2. The SMILES string of the molecule is CCNC(=O)CCOc1ccc(CNC(C)C)cc1. The van der Waals surface area contributed by atoms with Gasteiger partial charge in [0.1, 0.15) is 5.75 Å². The van der Waals surface area contributed by atoms with Gasteiger partial charge in [0.15, 0.2) is 0 Å². The Morgan fingerprint density at radius 1 is 1.26 bits per heavy atom. The van der Waals surface area contributed by atoms with Crippen LogP contribution in [0, 0.1) is 0 Å². The van der Waals surface area contributed by atoms with E-state index in [1.807, 2.05) is 31.2 Å². The monoisotopic (exact) mass is 264 g/mol. The van der Waals surface area contributed by atoms with Crippen molar-refractivity contribution in [2.24, 2.45) is 0 Å². The fourth-order valence-electron chi connectivity index (χ4n) is 1.57. The largest absolute Gasteiger partial charge is 0.493 e. The zero-order valence-corrected chi connectivity index (χ0v) is 12.0. The first-order valence-corrected chi connectivity index (χ1v) is 6.83. The predicted molar refractivity (Wildman–Crippen MR) is 77.2 cm³/mol. The molecule has 0 aromatic heterocycles. The summed E-state index contributed by atoms with van der Waals surface area (Å²) in [5, 5.41) is 6.10. The molecule has 0 spiro atoms. The van der Waals surface area contributed by atoms with Crippen LogP contribution in [0.3, 0.4) is 0 Å². The summed E-state index contributed by atoms with van der Waals surface area (Å²) in [6.07, 6.45) is 0.393. The second-order valence-electron chi connectivity index (χ2n) is 4.73. The van der Waals surface area contributed by atoms with Gasteiger partial charge < -0.3 is 15.4 Å². The maximum absolute atomic E-state index is 11.2. The van der Waals surface area contributed by atoms with Crippen molar-refractivity contribution in [2.75, 3.05) is 13.2 Å². The summed E-state index contributed by atoms with van der Waals surface area (Å²) in [6.45, 7) is 8.09. The van der Waals surface area contributed by atoms with Crippen LogP contribution in [0.4, 0.5) is 0 Å². The molecule has 0 fully saturated rings. The molecule has 0 saturated carbocycles.